The molecule has 1 aliphatic rings. The lowest BCUT2D eigenvalue weighted by atomic mass is 10.2. The average Bonchev–Trinajstić information content (AvgIpc) is 2.52. The number of anilines is 1. The van der Waals surface area contributed by atoms with Crippen molar-refractivity contribution in [3.8, 4) is 0 Å². The minimum atomic E-state index is -4.36. The third-order valence-corrected chi connectivity index (χ3v) is 3.91. The van der Waals surface area contributed by atoms with Gasteiger partial charge in [-0.1, -0.05) is 12.2 Å². The van der Waals surface area contributed by atoms with E-state index in [1.165, 1.54) is 6.07 Å². The quantitative estimate of drug-likeness (QED) is 0.673. The third-order valence-electron chi connectivity index (χ3n) is 3.51. The number of thiocarbonyl (C=S) groups is 1. The van der Waals surface area contributed by atoms with E-state index in [2.05, 4.69) is 16.9 Å². The van der Waals surface area contributed by atoms with Crippen LogP contribution in [0.3, 0.4) is 0 Å². The average molecular weight is 344 g/mol. The Kier molecular flexibility index (Phi) is 5.46. The number of rotatable bonds is 3. The molecule has 2 heterocycles. The summed E-state index contributed by atoms with van der Waals surface area (Å²) in [5, 5.41) is 3.80. The predicted molar refractivity (Wildman–Crippen MR) is 88.4 cm³/mol. The van der Waals surface area contributed by atoms with E-state index in [-0.39, 0.29) is 0 Å². The van der Waals surface area contributed by atoms with Gasteiger partial charge in [0, 0.05) is 38.9 Å². The van der Waals surface area contributed by atoms with Crippen molar-refractivity contribution in [1.82, 2.24) is 15.2 Å². The van der Waals surface area contributed by atoms with Crippen LogP contribution in [0, 0.1) is 0 Å². The SMILES string of the molecule is C=C(C)CNC(=S)N1CCN(c2ccc(C(F)(F)F)cn2)CC1. The van der Waals surface area contributed by atoms with Gasteiger partial charge in [-0.3, -0.25) is 0 Å². The molecule has 1 aromatic rings. The molecule has 0 saturated carbocycles. The monoisotopic (exact) mass is 344 g/mol. The molecule has 0 aromatic carbocycles. The summed E-state index contributed by atoms with van der Waals surface area (Å²) in [6.45, 7) is 9.09. The van der Waals surface area contributed by atoms with Gasteiger partial charge in [-0.05, 0) is 31.3 Å². The Labute approximate surface area is 139 Å². The zero-order valence-corrected chi connectivity index (χ0v) is 13.7. The van der Waals surface area contributed by atoms with Gasteiger partial charge >= 0.3 is 6.18 Å². The molecular formula is C15H19F3N4S. The fraction of sp³-hybridized carbons (Fsp3) is 0.467. The molecule has 0 spiro atoms. The summed E-state index contributed by atoms with van der Waals surface area (Å²) in [5.74, 6) is 0.554. The maximum atomic E-state index is 12.5. The van der Waals surface area contributed by atoms with Crippen LogP contribution in [0.5, 0.6) is 0 Å². The summed E-state index contributed by atoms with van der Waals surface area (Å²) in [4.78, 5) is 7.92. The summed E-state index contributed by atoms with van der Waals surface area (Å²) < 4.78 is 37.6. The smallest absolute Gasteiger partial charge is 0.359 e. The van der Waals surface area contributed by atoms with E-state index in [1.807, 2.05) is 16.7 Å². The molecule has 1 N–H and O–H groups in total. The van der Waals surface area contributed by atoms with Crippen LogP contribution < -0.4 is 10.2 Å². The van der Waals surface area contributed by atoms with Crippen molar-refractivity contribution in [3.05, 3.63) is 36.0 Å². The molecule has 1 fully saturated rings. The molecule has 1 aliphatic heterocycles. The molecule has 1 saturated heterocycles. The van der Waals surface area contributed by atoms with Gasteiger partial charge < -0.3 is 15.1 Å². The van der Waals surface area contributed by atoms with E-state index < -0.39 is 11.7 Å². The highest BCUT2D eigenvalue weighted by atomic mass is 32.1. The summed E-state index contributed by atoms with van der Waals surface area (Å²) in [5.41, 5.74) is 0.269. The van der Waals surface area contributed by atoms with Crippen LogP contribution in [-0.4, -0.2) is 47.7 Å². The highest BCUT2D eigenvalue weighted by Gasteiger charge is 2.31. The second-order valence-corrected chi connectivity index (χ2v) is 5.88. The highest BCUT2D eigenvalue weighted by Crippen LogP contribution is 2.29. The molecule has 0 aliphatic carbocycles. The minimum absolute atomic E-state index is 0.554. The van der Waals surface area contributed by atoms with Gasteiger partial charge in [-0.2, -0.15) is 13.2 Å². The maximum absolute atomic E-state index is 12.5. The number of nitrogens with one attached hydrogen (secondary N) is 1. The molecule has 8 heteroatoms. The Balaban J connectivity index is 1.89. The van der Waals surface area contributed by atoms with E-state index in [0.29, 0.717) is 43.7 Å². The highest BCUT2D eigenvalue weighted by molar-refractivity contribution is 7.80. The number of aromatic nitrogens is 1. The van der Waals surface area contributed by atoms with Gasteiger partial charge in [0.2, 0.25) is 0 Å². The van der Waals surface area contributed by atoms with Crippen LogP contribution in [0.1, 0.15) is 12.5 Å². The van der Waals surface area contributed by atoms with Crippen LogP contribution in [0.15, 0.2) is 30.5 Å². The molecule has 1 aromatic heterocycles. The van der Waals surface area contributed by atoms with Crippen molar-refractivity contribution >= 4 is 23.1 Å². The molecule has 0 radical (unpaired) electrons. The van der Waals surface area contributed by atoms with Crippen molar-refractivity contribution in [3.63, 3.8) is 0 Å². The molecule has 126 valence electrons. The Bertz CT molecular complexity index is 563. The van der Waals surface area contributed by atoms with E-state index in [1.54, 1.807) is 0 Å². The Hall–Kier alpha value is -1.83. The largest absolute Gasteiger partial charge is 0.417 e. The minimum Gasteiger partial charge on any atom is -0.359 e. The molecule has 0 bridgehead atoms. The van der Waals surface area contributed by atoms with Crippen molar-refractivity contribution in [2.45, 2.75) is 13.1 Å². The molecule has 23 heavy (non-hydrogen) atoms. The Morgan fingerprint density at radius 2 is 1.96 bits per heavy atom. The van der Waals surface area contributed by atoms with Gasteiger partial charge in [-0.25, -0.2) is 4.98 Å². The first kappa shape index (κ1) is 17.5. The number of hydrogen-bond acceptors (Lipinski definition) is 3. The fourth-order valence-electron chi connectivity index (χ4n) is 2.22. The zero-order chi connectivity index (χ0) is 17.0. The molecule has 0 amide bonds. The second kappa shape index (κ2) is 7.16. The first-order valence-electron chi connectivity index (χ1n) is 7.23. The van der Waals surface area contributed by atoms with Crippen molar-refractivity contribution in [2.75, 3.05) is 37.6 Å². The first-order valence-corrected chi connectivity index (χ1v) is 7.63. The second-order valence-electron chi connectivity index (χ2n) is 5.49. The van der Waals surface area contributed by atoms with Gasteiger partial charge in [0.1, 0.15) is 5.82 Å². The number of piperazine rings is 1. The van der Waals surface area contributed by atoms with E-state index in [0.717, 1.165) is 17.8 Å². The van der Waals surface area contributed by atoms with Gasteiger partial charge in [0.25, 0.3) is 0 Å². The van der Waals surface area contributed by atoms with E-state index in [4.69, 9.17) is 12.2 Å². The van der Waals surface area contributed by atoms with Gasteiger partial charge in [-0.15, -0.1) is 0 Å². The van der Waals surface area contributed by atoms with E-state index >= 15 is 0 Å². The van der Waals surface area contributed by atoms with Crippen LogP contribution >= 0.6 is 12.2 Å². The van der Waals surface area contributed by atoms with Gasteiger partial charge in [0.15, 0.2) is 5.11 Å². The first-order chi connectivity index (χ1) is 10.8. The zero-order valence-electron chi connectivity index (χ0n) is 12.9. The Morgan fingerprint density at radius 3 is 2.43 bits per heavy atom. The van der Waals surface area contributed by atoms with Crippen LogP contribution in [0.25, 0.3) is 0 Å². The lowest BCUT2D eigenvalue weighted by Gasteiger charge is -2.36. The summed E-state index contributed by atoms with van der Waals surface area (Å²) in [6, 6.07) is 2.48. The number of pyridine rings is 1. The molecular weight excluding hydrogens is 325 g/mol. The molecule has 2 rings (SSSR count). The van der Waals surface area contributed by atoms with E-state index in [9.17, 15) is 13.2 Å². The van der Waals surface area contributed by atoms with Crippen molar-refractivity contribution < 1.29 is 13.2 Å². The van der Waals surface area contributed by atoms with Crippen LogP contribution in [0.2, 0.25) is 0 Å². The molecule has 0 atom stereocenters. The number of halogens is 3. The topological polar surface area (TPSA) is 31.4 Å². The summed E-state index contributed by atoms with van der Waals surface area (Å²) in [7, 11) is 0. The number of hydrogen-bond donors (Lipinski definition) is 1. The molecule has 0 unspecified atom stereocenters. The fourth-order valence-corrected chi connectivity index (χ4v) is 2.47. The van der Waals surface area contributed by atoms with Crippen molar-refractivity contribution in [2.24, 2.45) is 0 Å². The summed E-state index contributed by atoms with van der Waals surface area (Å²) in [6.07, 6.45) is -3.48. The lowest BCUT2D eigenvalue weighted by molar-refractivity contribution is -0.137. The maximum Gasteiger partial charge on any atom is 0.417 e. The van der Waals surface area contributed by atoms with Crippen LogP contribution in [-0.2, 0) is 6.18 Å². The third kappa shape index (κ3) is 4.82. The predicted octanol–water partition coefficient (Wildman–Crippen LogP) is 2.67. The lowest BCUT2D eigenvalue weighted by Crippen LogP contribution is -2.52. The van der Waals surface area contributed by atoms with Gasteiger partial charge in [0.05, 0.1) is 5.56 Å². The Morgan fingerprint density at radius 1 is 1.30 bits per heavy atom. The van der Waals surface area contributed by atoms with Crippen molar-refractivity contribution in [1.29, 1.82) is 0 Å². The van der Waals surface area contributed by atoms with Crippen LogP contribution in [0.4, 0.5) is 19.0 Å². The number of nitrogens with zero attached hydrogens (tertiary/aromatic N) is 3. The summed E-state index contributed by atoms with van der Waals surface area (Å²) >= 11 is 5.32. The molecule has 4 nitrogen and oxygen atoms in total. The normalized spacial score (nSPS) is 15.5. The standard InChI is InChI=1S/C15H19F3N4S/c1-11(2)9-20-14(23)22-7-5-21(6-8-22)13-4-3-12(10-19-13)15(16,17)18/h3-4,10H,1,5-9H2,2H3,(H,20,23). The number of alkyl halides is 3.